The first-order chi connectivity index (χ1) is 9.47. The Morgan fingerprint density at radius 1 is 1.25 bits per heavy atom. The Kier molecular flexibility index (Phi) is 4.25. The van der Waals surface area contributed by atoms with Gasteiger partial charge in [0.1, 0.15) is 11.8 Å². The Morgan fingerprint density at radius 2 is 1.85 bits per heavy atom. The second kappa shape index (κ2) is 5.92. The van der Waals surface area contributed by atoms with Gasteiger partial charge in [-0.05, 0) is 42.3 Å². The van der Waals surface area contributed by atoms with E-state index in [0.29, 0.717) is 5.56 Å². The van der Waals surface area contributed by atoms with Crippen molar-refractivity contribution in [3.05, 3.63) is 42.0 Å². The largest absolute Gasteiger partial charge is 0.508 e. The zero-order valence-electron chi connectivity index (χ0n) is 11.7. The average Bonchev–Trinajstić information content (AvgIpc) is 2.38. The van der Waals surface area contributed by atoms with Crippen molar-refractivity contribution in [1.82, 2.24) is 0 Å². The SMILES string of the molecule is CC(C)OC(=O)C(N)Cc1cc2ccccc2cc1O. The quantitative estimate of drug-likeness (QED) is 0.839. The minimum Gasteiger partial charge on any atom is -0.508 e. The molecule has 4 heteroatoms. The lowest BCUT2D eigenvalue weighted by atomic mass is 10.0. The van der Waals surface area contributed by atoms with Gasteiger partial charge in [-0.25, -0.2) is 0 Å². The maximum atomic E-state index is 11.7. The van der Waals surface area contributed by atoms with Crippen LogP contribution in [0.3, 0.4) is 0 Å². The van der Waals surface area contributed by atoms with Crippen LogP contribution in [-0.4, -0.2) is 23.2 Å². The van der Waals surface area contributed by atoms with Crippen molar-refractivity contribution in [3.8, 4) is 5.75 Å². The van der Waals surface area contributed by atoms with Gasteiger partial charge in [0.05, 0.1) is 6.10 Å². The summed E-state index contributed by atoms with van der Waals surface area (Å²) in [5.41, 5.74) is 6.47. The fourth-order valence-corrected chi connectivity index (χ4v) is 2.08. The van der Waals surface area contributed by atoms with Crippen LogP contribution in [0, 0.1) is 0 Å². The van der Waals surface area contributed by atoms with Crippen LogP contribution in [0.4, 0.5) is 0 Å². The molecule has 0 amide bonds. The number of esters is 1. The molecular formula is C16H19NO3. The molecule has 4 nitrogen and oxygen atoms in total. The fourth-order valence-electron chi connectivity index (χ4n) is 2.08. The standard InChI is InChI=1S/C16H19NO3/c1-10(2)20-16(19)14(17)8-13-7-11-5-3-4-6-12(11)9-15(13)18/h3-7,9-10,14,18H,8,17H2,1-2H3. The highest BCUT2D eigenvalue weighted by Gasteiger charge is 2.18. The Hall–Kier alpha value is -2.07. The van der Waals surface area contributed by atoms with Crippen molar-refractivity contribution in [2.24, 2.45) is 5.73 Å². The number of fused-ring (bicyclic) bond motifs is 1. The van der Waals surface area contributed by atoms with E-state index in [1.54, 1.807) is 19.9 Å². The molecule has 0 aromatic heterocycles. The van der Waals surface area contributed by atoms with Gasteiger partial charge in [-0.1, -0.05) is 24.3 Å². The smallest absolute Gasteiger partial charge is 0.323 e. The van der Waals surface area contributed by atoms with Crippen molar-refractivity contribution in [2.45, 2.75) is 32.4 Å². The molecule has 1 atom stereocenters. The third-order valence-electron chi connectivity index (χ3n) is 3.04. The summed E-state index contributed by atoms with van der Waals surface area (Å²) in [6.45, 7) is 3.55. The van der Waals surface area contributed by atoms with E-state index in [1.165, 1.54) is 0 Å². The van der Waals surface area contributed by atoms with Gasteiger partial charge in [0.2, 0.25) is 0 Å². The Bertz CT molecular complexity index is 622. The third-order valence-corrected chi connectivity index (χ3v) is 3.04. The maximum absolute atomic E-state index is 11.7. The van der Waals surface area contributed by atoms with E-state index in [2.05, 4.69) is 0 Å². The van der Waals surface area contributed by atoms with Gasteiger partial charge in [0, 0.05) is 6.42 Å². The van der Waals surface area contributed by atoms with Crippen LogP contribution in [0.15, 0.2) is 36.4 Å². The van der Waals surface area contributed by atoms with Gasteiger partial charge in [0.15, 0.2) is 0 Å². The number of carbonyl (C=O) groups excluding carboxylic acids is 1. The summed E-state index contributed by atoms with van der Waals surface area (Å²) in [6, 6.07) is 10.5. The van der Waals surface area contributed by atoms with E-state index in [-0.39, 0.29) is 18.3 Å². The van der Waals surface area contributed by atoms with Gasteiger partial charge in [0.25, 0.3) is 0 Å². The lowest BCUT2D eigenvalue weighted by molar-refractivity contribution is -0.148. The van der Waals surface area contributed by atoms with E-state index in [1.807, 2.05) is 30.3 Å². The molecule has 0 aliphatic rings. The number of hydrogen-bond donors (Lipinski definition) is 2. The molecule has 0 fully saturated rings. The Morgan fingerprint density at radius 3 is 2.45 bits per heavy atom. The number of hydrogen-bond acceptors (Lipinski definition) is 4. The molecule has 3 N–H and O–H groups in total. The van der Waals surface area contributed by atoms with E-state index in [4.69, 9.17) is 10.5 Å². The summed E-state index contributed by atoms with van der Waals surface area (Å²) in [4.78, 5) is 11.7. The topological polar surface area (TPSA) is 72.5 Å². The molecule has 0 aliphatic carbocycles. The number of ether oxygens (including phenoxy) is 1. The van der Waals surface area contributed by atoms with Gasteiger partial charge < -0.3 is 15.6 Å². The molecule has 0 spiro atoms. The highest BCUT2D eigenvalue weighted by Crippen LogP contribution is 2.25. The Labute approximate surface area is 118 Å². The highest BCUT2D eigenvalue weighted by molar-refractivity contribution is 5.85. The zero-order valence-corrected chi connectivity index (χ0v) is 11.7. The summed E-state index contributed by atoms with van der Waals surface area (Å²) < 4.78 is 5.07. The monoisotopic (exact) mass is 273 g/mol. The van der Waals surface area contributed by atoms with E-state index in [9.17, 15) is 9.90 Å². The van der Waals surface area contributed by atoms with Crippen LogP contribution in [0.5, 0.6) is 5.75 Å². The number of aromatic hydroxyl groups is 1. The van der Waals surface area contributed by atoms with Crippen molar-refractivity contribution in [1.29, 1.82) is 0 Å². The average molecular weight is 273 g/mol. The number of rotatable bonds is 4. The van der Waals surface area contributed by atoms with Gasteiger partial charge >= 0.3 is 5.97 Å². The number of phenolic OH excluding ortho intramolecular Hbond substituents is 1. The number of phenols is 1. The molecule has 1 unspecified atom stereocenters. The predicted octanol–water partition coefficient (Wildman–Crippen LogP) is 2.37. The van der Waals surface area contributed by atoms with E-state index in [0.717, 1.165) is 10.8 Å². The van der Waals surface area contributed by atoms with Crippen LogP contribution in [0.2, 0.25) is 0 Å². The maximum Gasteiger partial charge on any atom is 0.323 e. The minimum atomic E-state index is -0.774. The van der Waals surface area contributed by atoms with Gasteiger partial charge in [-0.15, -0.1) is 0 Å². The van der Waals surface area contributed by atoms with Crippen LogP contribution < -0.4 is 5.73 Å². The molecule has 0 heterocycles. The first-order valence-corrected chi connectivity index (χ1v) is 6.64. The third kappa shape index (κ3) is 3.27. The van der Waals surface area contributed by atoms with Crippen molar-refractivity contribution in [2.75, 3.05) is 0 Å². The summed E-state index contributed by atoms with van der Waals surface area (Å²) in [6.07, 6.45) is 0.0566. The number of nitrogens with two attached hydrogens (primary N) is 1. The number of carbonyl (C=O) groups is 1. The molecule has 0 bridgehead atoms. The highest BCUT2D eigenvalue weighted by atomic mass is 16.5. The molecule has 0 aliphatic heterocycles. The first-order valence-electron chi connectivity index (χ1n) is 6.64. The minimum absolute atomic E-state index is 0.150. The van der Waals surface area contributed by atoms with E-state index < -0.39 is 12.0 Å². The Balaban J connectivity index is 2.20. The van der Waals surface area contributed by atoms with E-state index >= 15 is 0 Å². The molecule has 0 saturated carbocycles. The summed E-state index contributed by atoms with van der Waals surface area (Å²) >= 11 is 0. The van der Waals surface area contributed by atoms with Crippen molar-refractivity contribution in [3.63, 3.8) is 0 Å². The molecule has 2 aromatic carbocycles. The fraction of sp³-hybridized carbons (Fsp3) is 0.312. The molecule has 20 heavy (non-hydrogen) atoms. The zero-order chi connectivity index (χ0) is 14.7. The first kappa shape index (κ1) is 14.3. The summed E-state index contributed by atoms with van der Waals surface area (Å²) in [5, 5.41) is 12.0. The molecule has 0 radical (unpaired) electrons. The summed E-state index contributed by atoms with van der Waals surface area (Å²) in [7, 11) is 0. The lowest BCUT2D eigenvalue weighted by Gasteiger charge is -2.15. The molecular weight excluding hydrogens is 254 g/mol. The molecule has 2 aromatic rings. The molecule has 2 rings (SSSR count). The van der Waals surface area contributed by atoms with Gasteiger partial charge in [-0.2, -0.15) is 0 Å². The van der Waals surface area contributed by atoms with Crippen LogP contribution in [-0.2, 0) is 16.0 Å². The second-order valence-electron chi connectivity index (χ2n) is 5.12. The van der Waals surface area contributed by atoms with Crippen molar-refractivity contribution >= 4 is 16.7 Å². The van der Waals surface area contributed by atoms with Crippen LogP contribution in [0.25, 0.3) is 10.8 Å². The lowest BCUT2D eigenvalue weighted by Crippen LogP contribution is -2.35. The summed E-state index contributed by atoms with van der Waals surface area (Å²) in [5.74, 6) is -0.302. The predicted molar refractivity (Wildman–Crippen MR) is 78.5 cm³/mol. The molecule has 0 saturated heterocycles. The number of benzene rings is 2. The second-order valence-corrected chi connectivity index (χ2v) is 5.12. The van der Waals surface area contributed by atoms with Crippen LogP contribution >= 0.6 is 0 Å². The van der Waals surface area contributed by atoms with Crippen molar-refractivity contribution < 1.29 is 14.6 Å². The molecule has 106 valence electrons. The van der Waals surface area contributed by atoms with Crippen LogP contribution in [0.1, 0.15) is 19.4 Å². The van der Waals surface area contributed by atoms with Gasteiger partial charge in [-0.3, -0.25) is 4.79 Å². The normalized spacial score (nSPS) is 12.6.